The minimum atomic E-state index is -0.00954. The Morgan fingerprint density at radius 2 is 1.79 bits per heavy atom. The minimum absolute atomic E-state index is 0.00954. The van der Waals surface area contributed by atoms with Crippen molar-refractivity contribution in [1.82, 2.24) is 14.7 Å². The van der Waals surface area contributed by atoms with Crippen LogP contribution >= 0.6 is 0 Å². The highest BCUT2D eigenvalue weighted by atomic mass is 16.5. The highest BCUT2D eigenvalue weighted by Crippen LogP contribution is 2.32. The van der Waals surface area contributed by atoms with Gasteiger partial charge < -0.3 is 9.64 Å². The quantitative estimate of drug-likeness (QED) is 0.367. The van der Waals surface area contributed by atoms with Crippen LogP contribution in [0.1, 0.15) is 24.4 Å². The van der Waals surface area contributed by atoms with Gasteiger partial charge in [0.2, 0.25) is 5.91 Å². The number of piperidine rings is 1. The van der Waals surface area contributed by atoms with E-state index in [1.54, 1.807) is 0 Å². The standard InChI is InChI=1S/C28H27N3O2/c1-2-27(32)30-18-8-9-23(19-30)31-26-13-7-6-12-25(26)28(29-31)22-16-14-21(15-17-22)20-33-24-10-4-3-5-11-24/h2-7,10-17,23H,1,8-9,18-20H2. The van der Waals surface area contributed by atoms with Crippen molar-refractivity contribution in [2.45, 2.75) is 25.5 Å². The van der Waals surface area contributed by atoms with Gasteiger partial charge in [0.05, 0.1) is 11.6 Å². The number of ether oxygens (including phenoxy) is 1. The number of carbonyl (C=O) groups is 1. The summed E-state index contributed by atoms with van der Waals surface area (Å²) in [4.78, 5) is 14.1. The third kappa shape index (κ3) is 4.40. The van der Waals surface area contributed by atoms with Gasteiger partial charge in [0.1, 0.15) is 18.1 Å². The van der Waals surface area contributed by atoms with E-state index in [4.69, 9.17) is 9.84 Å². The van der Waals surface area contributed by atoms with Crippen LogP contribution in [0.15, 0.2) is 91.5 Å². The first-order valence-electron chi connectivity index (χ1n) is 11.4. The number of benzene rings is 3. The molecule has 5 nitrogen and oxygen atoms in total. The lowest BCUT2D eigenvalue weighted by Gasteiger charge is -2.32. The number of nitrogens with zero attached hydrogens (tertiary/aromatic N) is 3. The lowest BCUT2D eigenvalue weighted by molar-refractivity contribution is -0.127. The summed E-state index contributed by atoms with van der Waals surface area (Å²) in [5.41, 5.74) is 4.25. The molecule has 1 aliphatic heterocycles. The summed E-state index contributed by atoms with van der Waals surface area (Å²) in [7, 11) is 0. The molecule has 4 aromatic rings. The molecule has 1 aliphatic rings. The Morgan fingerprint density at radius 1 is 1.03 bits per heavy atom. The molecule has 1 unspecified atom stereocenters. The van der Waals surface area contributed by atoms with Crippen molar-refractivity contribution < 1.29 is 9.53 Å². The fourth-order valence-electron chi connectivity index (χ4n) is 4.51. The first kappa shape index (κ1) is 21.0. The fraction of sp³-hybridized carbons (Fsp3) is 0.214. The number of para-hydroxylation sites is 2. The van der Waals surface area contributed by atoms with Crippen molar-refractivity contribution in [2.75, 3.05) is 13.1 Å². The van der Waals surface area contributed by atoms with Crippen LogP contribution in [-0.2, 0) is 11.4 Å². The third-order valence-electron chi connectivity index (χ3n) is 6.22. The van der Waals surface area contributed by atoms with E-state index in [9.17, 15) is 4.79 Å². The Bertz CT molecular complexity index is 1260. The van der Waals surface area contributed by atoms with E-state index in [-0.39, 0.29) is 11.9 Å². The van der Waals surface area contributed by atoms with Gasteiger partial charge in [-0.2, -0.15) is 5.10 Å². The van der Waals surface area contributed by atoms with E-state index in [1.807, 2.05) is 47.4 Å². The lowest BCUT2D eigenvalue weighted by Crippen LogP contribution is -2.40. The second-order valence-corrected chi connectivity index (χ2v) is 8.39. The molecule has 1 atom stereocenters. The summed E-state index contributed by atoms with van der Waals surface area (Å²) in [5, 5.41) is 6.17. The summed E-state index contributed by atoms with van der Waals surface area (Å²) in [6, 6.07) is 26.7. The number of aromatic nitrogens is 2. The average molecular weight is 438 g/mol. The van der Waals surface area contributed by atoms with Gasteiger partial charge in [-0.25, -0.2) is 0 Å². The molecule has 0 spiro atoms. The molecule has 0 N–H and O–H groups in total. The molecule has 1 saturated heterocycles. The Hall–Kier alpha value is -3.86. The number of hydrogen-bond acceptors (Lipinski definition) is 3. The Morgan fingerprint density at radius 3 is 2.58 bits per heavy atom. The summed E-state index contributed by atoms with van der Waals surface area (Å²) in [6.45, 7) is 5.60. The largest absolute Gasteiger partial charge is 0.489 e. The average Bonchev–Trinajstić information content (AvgIpc) is 3.28. The molecule has 2 heterocycles. The maximum Gasteiger partial charge on any atom is 0.246 e. The van der Waals surface area contributed by atoms with Gasteiger partial charge in [0.15, 0.2) is 0 Å². The first-order valence-corrected chi connectivity index (χ1v) is 11.4. The topological polar surface area (TPSA) is 47.4 Å². The molecule has 0 saturated carbocycles. The van der Waals surface area contributed by atoms with E-state index in [1.165, 1.54) is 6.08 Å². The summed E-state index contributed by atoms with van der Waals surface area (Å²) < 4.78 is 7.98. The van der Waals surface area contributed by atoms with Crippen LogP contribution in [0.25, 0.3) is 22.2 Å². The Balaban J connectivity index is 1.41. The molecular formula is C28H27N3O2. The van der Waals surface area contributed by atoms with Gasteiger partial charge >= 0.3 is 0 Å². The van der Waals surface area contributed by atoms with Gasteiger partial charge in [-0.05, 0) is 42.7 Å². The molecule has 33 heavy (non-hydrogen) atoms. The number of hydrogen-bond donors (Lipinski definition) is 0. The zero-order chi connectivity index (χ0) is 22.6. The van der Waals surface area contributed by atoms with Crippen LogP contribution in [0.2, 0.25) is 0 Å². The van der Waals surface area contributed by atoms with Crippen LogP contribution < -0.4 is 4.74 Å². The van der Waals surface area contributed by atoms with Crippen molar-refractivity contribution in [1.29, 1.82) is 0 Å². The lowest BCUT2D eigenvalue weighted by atomic mass is 10.0. The number of carbonyl (C=O) groups excluding carboxylic acids is 1. The maximum atomic E-state index is 12.2. The van der Waals surface area contributed by atoms with Gasteiger partial charge in [-0.15, -0.1) is 0 Å². The van der Waals surface area contributed by atoms with Crippen molar-refractivity contribution in [3.8, 4) is 17.0 Å². The monoisotopic (exact) mass is 437 g/mol. The molecule has 5 rings (SSSR count). The maximum absolute atomic E-state index is 12.2. The van der Waals surface area contributed by atoms with Gasteiger partial charge in [-0.1, -0.05) is 67.2 Å². The minimum Gasteiger partial charge on any atom is -0.489 e. The second-order valence-electron chi connectivity index (χ2n) is 8.39. The fourth-order valence-corrected chi connectivity index (χ4v) is 4.51. The molecule has 1 fully saturated rings. The first-order chi connectivity index (χ1) is 16.2. The normalized spacial score (nSPS) is 16.0. The van der Waals surface area contributed by atoms with Crippen molar-refractivity contribution >= 4 is 16.8 Å². The number of rotatable bonds is 6. The Labute approximate surface area is 193 Å². The van der Waals surface area contributed by atoms with Gasteiger partial charge in [0.25, 0.3) is 0 Å². The zero-order valence-electron chi connectivity index (χ0n) is 18.6. The van der Waals surface area contributed by atoms with E-state index < -0.39 is 0 Å². The molecule has 1 amide bonds. The van der Waals surface area contributed by atoms with E-state index >= 15 is 0 Å². The molecular weight excluding hydrogens is 410 g/mol. The second kappa shape index (κ2) is 9.33. The van der Waals surface area contributed by atoms with Crippen molar-refractivity contribution in [3.63, 3.8) is 0 Å². The zero-order valence-corrected chi connectivity index (χ0v) is 18.6. The number of amides is 1. The van der Waals surface area contributed by atoms with Crippen LogP contribution in [-0.4, -0.2) is 33.7 Å². The molecule has 0 aliphatic carbocycles. The van der Waals surface area contributed by atoms with Gasteiger partial charge in [-0.3, -0.25) is 9.48 Å². The highest BCUT2D eigenvalue weighted by molar-refractivity contribution is 5.93. The molecule has 0 radical (unpaired) electrons. The molecule has 5 heteroatoms. The number of likely N-dealkylation sites (tertiary alicyclic amines) is 1. The van der Waals surface area contributed by atoms with Crippen LogP contribution in [0.3, 0.4) is 0 Å². The predicted molar refractivity (Wildman–Crippen MR) is 131 cm³/mol. The summed E-state index contributed by atoms with van der Waals surface area (Å²) in [5.74, 6) is 0.854. The van der Waals surface area contributed by atoms with Crippen LogP contribution in [0, 0.1) is 0 Å². The van der Waals surface area contributed by atoms with Crippen molar-refractivity contribution in [3.05, 3.63) is 97.1 Å². The van der Waals surface area contributed by atoms with Crippen LogP contribution in [0.5, 0.6) is 5.75 Å². The van der Waals surface area contributed by atoms with E-state index in [0.29, 0.717) is 13.2 Å². The summed E-state index contributed by atoms with van der Waals surface area (Å²) in [6.07, 6.45) is 3.36. The molecule has 1 aromatic heterocycles. The molecule has 3 aromatic carbocycles. The summed E-state index contributed by atoms with van der Waals surface area (Å²) >= 11 is 0. The third-order valence-corrected chi connectivity index (χ3v) is 6.22. The van der Waals surface area contributed by atoms with Gasteiger partial charge in [0, 0.05) is 24.0 Å². The Kier molecular flexibility index (Phi) is 5.94. The predicted octanol–water partition coefficient (Wildman–Crippen LogP) is 5.63. The highest BCUT2D eigenvalue weighted by Gasteiger charge is 2.26. The smallest absolute Gasteiger partial charge is 0.246 e. The van der Waals surface area contributed by atoms with E-state index in [0.717, 1.165) is 52.9 Å². The van der Waals surface area contributed by atoms with Crippen LogP contribution in [0.4, 0.5) is 0 Å². The molecule has 0 bridgehead atoms. The molecule has 166 valence electrons. The van der Waals surface area contributed by atoms with E-state index in [2.05, 4.69) is 47.7 Å². The van der Waals surface area contributed by atoms with Crippen molar-refractivity contribution in [2.24, 2.45) is 0 Å². The number of fused-ring (bicyclic) bond motifs is 1. The SMILES string of the molecule is C=CC(=O)N1CCCC(n2nc(-c3ccc(COc4ccccc4)cc3)c3ccccc32)C1.